The van der Waals surface area contributed by atoms with Crippen LogP contribution < -0.4 is 0 Å². The minimum Gasteiger partial charge on any atom is -0.303 e. The molecule has 1 heteroatoms. The second-order valence-electron chi connectivity index (χ2n) is 4.60. The van der Waals surface area contributed by atoms with Crippen molar-refractivity contribution in [3.63, 3.8) is 0 Å². The lowest BCUT2D eigenvalue weighted by molar-refractivity contribution is 0.154. The predicted octanol–water partition coefficient (Wildman–Crippen LogP) is 2.52. The first-order valence-corrected chi connectivity index (χ1v) is 5.53. The van der Waals surface area contributed by atoms with Gasteiger partial charge in [0, 0.05) is 6.04 Å². The number of likely N-dealkylation sites (tertiary alicyclic amines) is 1. The quantitative estimate of drug-likeness (QED) is 0.580. The topological polar surface area (TPSA) is 3.24 Å². The van der Waals surface area contributed by atoms with Crippen LogP contribution in [0.25, 0.3) is 0 Å². The summed E-state index contributed by atoms with van der Waals surface area (Å²) in [6.07, 6.45) is 7.34. The molecule has 1 heterocycles. The largest absolute Gasteiger partial charge is 0.303 e. The molecule has 0 aromatic rings. The average molecular weight is 167 g/mol. The Kier molecular flexibility index (Phi) is 2.40. The van der Waals surface area contributed by atoms with Crippen LogP contribution in [0.2, 0.25) is 0 Å². The standard InChI is InChI=1S/C11H21N/c1-3-9-5-4-6-11-10(9)7-8-12(11)2/h9-11H,3-8H2,1-2H3. The molecular weight excluding hydrogens is 146 g/mol. The van der Waals surface area contributed by atoms with Gasteiger partial charge in [0.15, 0.2) is 0 Å². The molecule has 0 N–H and O–H groups in total. The van der Waals surface area contributed by atoms with Gasteiger partial charge in [0.2, 0.25) is 0 Å². The maximum Gasteiger partial charge on any atom is 0.0124 e. The van der Waals surface area contributed by atoms with Gasteiger partial charge < -0.3 is 4.90 Å². The molecule has 70 valence electrons. The summed E-state index contributed by atoms with van der Waals surface area (Å²) in [6.45, 7) is 3.72. The van der Waals surface area contributed by atoms with Gasteiger partial charge in [0.25, 0.3) is 0 Å². The summed E-state index contributed by atoms with van der Waals surface area (Å²) in [5.41, 5.74) is 0. The average Bonchev–Trinajstić information content (AvgIpc) is 2.48. The number of hydrogen-bond acceptors (Lipinski definition) is 1. The Bertz CT molecular complexity index is 155. The minimum atomic E-state index is 0.948. The molecule has 0 amide bonds. The third-order valence-corrected chi connectivity index (χ3v) is 4.08. The number of nitrogens with zero attached hydrogens (tertiary/aromatic N) is 1. The fraction of sp³-hybridized carbons (Fsp3) is 1.00. The molecule has 3 unspecified atom stereocenters. The van der Waals surface area contributed by atoms with Gasteiger partial charge in [-0.1, -0.05) is 26.2 Å². The van der Waals surface area contributed by atoms with Gasteiger partial charge in [-0.2, -0.15) is 0 Å². The number of rotatable bonds is 1. The molecule has 12 heavy (non-hydrogen) atoms. The van der Waals surface area contributed by atoms with Crippen molar-refractivity contribution in [3.05, 3.63) is 0 Å². The Hall–Kier alpha value is -0.0400. The number of fused-ring (bicyclic) bond motifs is 1. The summed E-state index contributed by atoms with van der Waals surface area (Å²) in [5.74, 6) is 2.10. The van der Waals surface area contributed by atoms with E-state index in [1.165, 1.54) is 38.6 Å². The van der Waals surface area contributed by atoms with E-state index in [2.05, 4.69) is 18.9 Å². The molecule has 3 atom stereocenters. The zero-order chi connectivity index (χ0) is 8.55. The molecule has 0 radical (unpaired) electrons. The highest BCUT2D eigenvalue weighted by Gasteiger charge is 2.38. The van der Waals surface area contributed by atoms with Crippen LogP contribution in [0.5, 0.6) is 0 Å². The molecule has 1 saturated carbocycles. The SMILES string of the molecule is CCC1CCCC2C1CCN2C. The first-order valence-electron chi connectivity index (χ1n) is 5.53. The fourth-order valence-corrected chi connectivity index (χ4v) is 3.33. The molecular formula is C11H21N. The van der Waals surface area contributed by atoms with Gasteiger partial charge in [-0.05, 0) is 38.3 Å². The Morgan fingerprint density at radius 2 is 2.08 bits per heavy atom. The zero-order valence-electron chi connectivity index (χ0n) is 8.42. The van der Waals surface area contributed by atoms with Crippen LogP contribution >= 0.6 is 0 Å². The van der Waals surface area contributed by atoms with Crippen LogP contribution in [0.1, 0.15) is 39.0 Å². The minimum absolute atomic E-state index is 0.948. The van der Waals surface area contributed by atoms with Crippen molar-refractivity contribution in [2.45, 2.75) is 45.1 Å². The van der Waals surface area contributed by atoms with Crippen LogP contribution in [0, 0.1) is 11.8 Å². The molecule has 1 saturated heterocycles. The molecule has 1 nitrogen and oxygen atoms in total. The van der Waals surface area contributed by atoms with E-state index in [4.69, 9.17) is 0 Å². The van der Waals surface area contributed by atoms with Crippen LogP contribution in [0.15, 0.2) is 0 Å². The fourth-order valence-electron chi connectivity index (χ4n) is 3.33. The lowest BCUT2D eigenvalue weighted by atomic mass is 9.75. The molecule has 2 aliphatic rings. The van der Waals surface area contributed by atoms with Crippen LogP contribution in [0.4, 0.5) is 0 Å². The van der Waals surface area contributed by atoms with Crippen molar-refractivity contribution < 1.29 is 0 Å². The van der Waals surface area contributed by atoms with Gasteiger partial charge >= 0.3 is 0 Å². The third kappa shape index (κ3) is 1.28. The maximum atomic E-state index is 2.59. The molecule has 0 bridgehead atoms. The van der Waals surface area contributed by atoms with Crippen molar-refractivity contribution in [2.75, 3.05) is 13.6 Å². The van der Waals surface area contributed by atoms with E-state index < -0.39 is 0 Å². The summed E-state index contributed by atoms with van der Waals surface area (Å²) in [7, 11) is 2.31. The van der Waals surface area contributed by atoms with E-state index >= 15 is 0 Å². The van der Waals surface area contributed by atoms with E-state index in [-0.39, 0.29) is 0 Å². The molecule has 2 rings (SSSR count). The molecule has 0 spiro atoms. The highest BCUT2D eigenvalue weighted by molar-refractivity contribution is 4.91. The summed E-state index contributed by atoms with van der Waals surface area (Å²) in [4.78, 5) is 2.59. The highest BCUT2D eigenvalue weighted by atomic mass is 15.2. The van der Waals surface area contributed by atoms with E-state index in [1.807, 2.05) is 0 Å². The number of hydrogen-bond donors (Lipinski definition) is 0. The summed E-state index contributed by atoms with van der Waals surface area (Å²) in [5, 5.41) is 0. The third-order valence-electron chi connectivity index (χ3n) is 4.08. The predicted molar refractivity (Wildman–Crippen MR) is 52.2 cm³/mol. The second kappa shape index (κ2) is 3.37. The van der Waals surface area contributed by atoms with Gasteiger partial charge in [-0.3, -0.25) is 0 Å². The van der Waals surface area contributed by atoms with E-state index in [0.717, 1.165) is 17.9 Å². The van der Waals surface area contributed by atoms with Crippen molar-refractivity contribution in [3.8, 4) is 0 Å². The highest BCUT2D eigenvalue weighted by Crippen LogP contribution is 2.40. The van der Waals surface area contributed by atoms with E-state index in [1.54, 1.807) is 0 Å². The van der Waals surface area contributed by atoms with Crippen LogP contribution in [-0.4, -0.2) is 24.5 Å². The second-order valence-corrected chi connectivity index (χ2v) is 4.60. The van der Waals surface area contributed by atoms with Crippen molar-refractivity contribution in [2.24, 2.45) is 11.8 Å². The Morgan fingerprint density at radius 3 is 2.83 bits per heavy atom. The van der Waals surface area contributed by atoms with Crippen molar-refractivity contribution >= 4 is 0 Å². The first kappa shape index (κ1) is 8.55. The Morgan fingerprint density at radius 1 is 1.25 bits per heavy atom. The monoisotopic (exact) mass is 167 g/mol. The van der Waals surface area contributed by atoms with Gasteiger partial charge in [-0.15, -0.1) is 0 Å². The Balaban J connectivity index is 2.04. The van der Waals surface area contributed by atoms with Gasteiger partial charge in [0.05, 0.1) is 0 Å². The zero-order valence-corrected chi connectivity index (χ0v) is 8.42. The molecule has 0 aromatic heterocycles. The molecule has 0 aromatic carbocycles. The van der Waals surface area contributed by atoms with Crippen LogP contribution in [0.3, 0.4) is 0 Å². The van der Waals surface area contributed by atoms with E-state index in [9.17, 15) is 0 Å². The lowest BCUT2D eigenvalue weighted by Crippen LogP contribution is -2.35. The summed E-state index contributed by atoms with van der Waals surface area (Å²) in [6, 6.07) is 0.948. The molecule has 1 aliphatic carbocycles. The van der Waals surface area contributed by atoms with Gasteiger partial charge in [0.1, 0.15) is 0 Å². The van der Waals surface area contributed by atoms with Crippen molar-refractivity contribution in [1.29, 1.82) is 0 Å². The van der Waals surface area contributed by atoms with Gasteiger partial charge in [-0.25, -0.2) is 0 Å². The Labute approximate surface area is 76.1 Å². The lowest BCUT2D eigenvalue weighted by Gasteiger charge is -2.35. The normalized spacial score (nSPS) is 43.0. The van der Waals surface area contributed by atoms with E-state index in [0.29, 0.717) is 0 Å². The molecule has 1 aliphatic heterocycles. The summed E-state index contributed by atoms with van der Waals surface area (Å²) < 4.78 is 0. The maximum absolute atomic E-state index is 2.59. The smallest absolute Gasteiger partial charge is 0.0124 e. The molecule has 2 fully saturated rings. The van der Waals surface area contributed by atoms with Crippen molar-refractivity contribution in [1.82, 2.24) is 4.90 Å². The summed E-state index contributed by atoms with van der Waals surface area (Å²) >= 11 is 0. The van der Waals surface area contributed by atoms with Crippen LogP contribution in [-0.2, 0) is 0 Å². The first-order chi connectivity index (χ1) is 5.83.